The van der Waals surface area contributed by atoms with Crippen LogP contribution in [0.3, 0.4) is 0 Å². The van der Waals surface area contributed by atoms with Crippen molar-refractivity contribution < 1.29 is 23.8 Å². The third-order valence-electron chi connectivity index (χ3n) is 7.19. The van der Waals surface area contributed by atoms with Gasteiger partial charge >= 0.3 is 0 Å². The molecular formula is C32H33ClN4O5. The molecule has 1 atom stereocenters. The number of hydrogen-bond donors (Lipinski definition) is 1. The Bertz CT molecular complexity index is 1560. The van der Waals surface area contributed by atoms with E-state index in [1.54, 1.807) is 54.0 Å². The van der Waals surface area contributed by atoms with Gasteiger partial charge < -0.3 is 19.1 Å². The number of methoxy groups -OCH3 is 2. The van der Waals surface area contributed by atoms with Crippen molar-refractivity contribution in [2.24, 2.45) is 0 Å². The zero-order valence-electron chi connectivity index (χ0n) is 23.8. The first-order chi connectivity index (χ1) is 20.4. The van der Waals surface area contributed by atoms with E-state index in [-0.39, 0.29) is 30.4 Å². The third kappa shape index (κ3) is 6.58. The third-order valence-corrected chi connectivity index (χ3v) is 7.44. The summed E-state index contributed by atoms with van der Waals surface area (Å²) in [6, 6.07) is 20.1. The maximum atomic E-state index is 13.6. The summed E-state index contributed by atoms with van der Waals surface area (Å²) in [6.07, 6.45) is 3.48. The Morgan fingerprint density at radius 2 is 1.83 bits per heavy atom. The van der Waals surface area contributed by atoms with Gasteiger partial charge in [-0.3, -0.25) is 19.5 Å². The highest BCUT2D eigenvalue weighted by Gasteiger charge is 2.27. The molecule has 9 nitrogen and oxygen atoms in total. The molecule has 1 aliphatic rings. The van der Waals surface area contributed by atoms with Gasteiger partial charge in [-0.2, -0.15) is 0 Å². The molecule has 0 spiro atoms. The fraction of sp³-hybridized carbons (Fsp3) is 0.281. The molecule has 5 rings (SSSR count). The minimum absolute atomic E-state index is 0.115. The van der Waals surface area contributed by atoms with E-state index in [2.05, 4.69) is 5.32 Å². The Balaban J connectivity index is 1.46. The SMILES string of the molecule is COc1ccc(-n2cc(-c3ccc(Cl)cc3)nc2NC(=O)CN(CC2CCCO2)C(=O)c2ccccc2C)cc1OC. The van der Waals surface area contributed by atoms with E-state index in [9.17, 15) is 9.59 Å². The molecule has 1 N–H and O–H groups in total. The quantitative estimate of drug-likeness (QED) is 0.252. The molecule has 3 aromatic carbocycles. The highest BCUT2D eigenvalue weighted by molar-refractivity contribution is 6.30. The van der Waals surface area contributed by atoms with Crippen LogP contribution in [-0.2, 0) is 9.53 Å². The van der Waals surface area contributed by atoms with Crippen LogP contribution in [0.15, 0.2) is 72.9 Å². The van der Waals surface area contributed by atoms with Gasteiger partial charge in [0.2, 0.25) is 11.9 Å². The summed E-state index contributed by atoms with van der Waals surface area (Å²) in [5.74, 6) is 0.788. The standard InChI is InChI=1S/C32H33ClN4O5/c1-21-7-4-5-9-26(21)31(39)36(18-25-8-6-16-42-25)20-30(38)35-32-34-27(22-10-12-23(33)13-11-22)19-37(32)24-14-15-28(40-2)29(17-24)41-3/h4-5,7,9-15,17,19,25H,6,8,16,18,20H2,1-3H3,(H,34,35,38). The molecule has 1 aliphatic heterocycles. The van der Waals surface area contributed by atoms with Crippen molar-refractivity contribution in [3.8, 4) is 28.4 Å². The molecule has 0 bridgehead atoms. The lowest BCUT2D eigenvalue weighted by molar-refractivity contribution is -0.117. The fourth-order valence-corrected chi connectivity index (χ4v) is 5.10. The Hall–Kier alpha value is -4.34. The number of rotatable bonds is 10. The number of nitrogens with zero attached hydrogens (tertiary/aromatic N) is 3. The van der Waals surface area contributed by atoms with Crippen LogP contribution >= 0.6 is 11.6 Å². The number of anilines is 1. The van der Waals surface area contributed by atoms with Crippen molar-refractivity contribution in [3.63, 3.8) is 0 Å². The maximum absolute atomic E-state index is 13.6. The molecule has 1 aromatic heterocycles. The number of ether oxygens (including phenoxy) is 3. The van der Waals surface area contributed by atoms with Gasteiger partial charge in [0.05, 0.1) is 31.7 Å². The molecule has 1 unspecified atom stereocenters. The Labute approximate surface area is 250 Å². The van der Waals surface area contributed by atoms with Gasteiger partial charge in [0.1, 0.15) is 6.54 Å². The van der Waals surface area contributed by atoms with E-state index in [1.165, 1.54) is 0 Å². The molecule has 4 aromatic rings. The number of carbonyl (C=O) groups is 2. The number of carbonyl (C=O) groups excluding carboxylic acids is 2. The summed E-state index contributed by atoms with van der Waals surface area (Å²) >= 11 is 6.10. The molecule has 218 valence electrons. The zero-order valence-corrected chi connectivity index (χ0v) is 24.6. The van der Waals surface area contributed by atoms with Crippen LogP contribution in [0, 0.1) is 6.92 Å². The molecule has 0 aliphatic carbocycles. The van der Waals surface area contributed by atoms with Crippen molar-refractivity contribution in [2.45, 2.75) is 25.9 Å². The number of aryl methyl sites for hydroxylation is 1. The summed E-state index contributed by atoms with van der Waals surface area (Å²) in [5, 5.41) is 3.54. The van der Waals surface area contributed by atoms with Crippen molar-refractivity contribution in [1.29, 1.82) is 0 Å². The molecule has 0 saturated carbocycles. The second kappa shape index (κ2) is 13.1. The normalized spacial score (nSPS) is 14.4. The van der Waals surface area contributed by atoms with Crippen molar-refractivity contribution in [1.82, 2.24) is 14.5 Å². The number of nitrogens with one attached hydrogen (secondary N) is 1. The lowest BCUT2D eigenvalue weighted by atomic mass is 10.1. The first kappa shape index (κ1) is 29.2. The molecular weight excluding hydrogens is 556 g/mol. The van der Waals surface area contributed by atoms with Gasteiger partial charge in [-0.15, -0.1) is 0 Å². The van der Waals surface area contributed by atoms with E-state index < -0.39 is 0 Å². The lowest BCUT2D eigenvalue weighted by Gasteiger charge is -2.25. The summed E-state index contributed by atoms with van der Waals surface area (Å²) in [4.78, 5) is 33.5. The summed E-state index contributed by atoms with van der Waals surface area (Å²) in [7, 11) is 3.13. The minimum atomic E-state index is -0.384. The van der Waals surface area contributed by atoms with E-state index in [0.29, 0.717) is 46.6 Å². The average molecular weight is 589 g/mol. The topological polar surface area (TPSA) is 94.9 Å². The first-order valence-electron chi connectivity index (χ1n) is 13.7. The van der Waals surface area contributed by atoms with Crippen LogP contribution in [0.4, 0.5) is 5.95 Å². The van der Waals surface area contributed by atoms with Gasteiger partial charge in [-0.25, -0.2) is 4.98 Å². The fourth-order valence-electron chi connectivity index (χ4n) is 4.97. The van der Waals surface area contributed by atoms with E-state index in [0.717, 1.165) is 24.0 Å². The van der Waals surface area contributed by atoms with Crippen LogP contribution in [0.25, 0.3) is 16.9 Å². The number of aromatic nitrogens is 2. The monoisotopic (exact) mass is 588 g/mol. The predicted octanol–water partition coefficient (Wildman–Crippen LogP) is 5.78. The first-order valence-corrected chi connectivity index (χ1v) is 14.1. The largest absolute Gasteiger partial charge is 0.493 e. The Morgan fingerprint density at radius 3 is 2.52 bits per heavy atom. The van der Waals surface area contributed by atoms with Gasteiger partial charge in [0, 0.05) is 41.6 Å². The number of imidazole rings is 1. The van der Waals surface area contributed by atoms with Gasteiger partial charge in [-0.1, -0.05) is 41.9 Å². The Morgan fingerprint density at radius 1 is 1.07 bits per heavy atom. The molecule has 2 heterocycles. The number of hydrogen-bond acceptors (Lipinski definition) is 6. The molecule has 1 saturated heterocycles. The van der Waals surface area contributed by atoms with Crippen LogP contribution in [-0.4, -0.2) is 66.3 Å². The Kier molecular flexibility index (Phi) is 9.09. The van der Waals surface area contributed by atoms with E-state index >= 15 is 0 Å². The van der Waals surface area contributed by atoms with Crippen molar-refractivity contribution >= 4 is 29.4 Å². The van der Waals surface area contributed by atoms with Crippen molar-refractivity contribution in [2.75, 3.05) is 39.2 Å². The lowest BCUT2D eigenvalue weighted by Crippen LogP contribution is -2.42. The maximum Gasteiger partial charge on any atom is 0.254 e. The van der Waals surface area contributed by atoms with Crippen molar-refractivity contribution in [3.05, 3.63) is 89.1 Å². The second-order valence-corrected chi connectivity index (χ2v) is 10.5. The zero-order chi connectivity index (χ0) is 29.6. The molecule has 10 heteroatoms. The summed E-state index contributed by atoms with van der Waals surface area (Å²) in [5.41, 5.74) is 3.55. The summed E-state index contributed by atoms with van der Waals surface area (Å²) in [6.45, 7) is 2.69. The van der Waals surface area contributed by atoms with Crippen LogP contribution in [0.1, 0.15) is 28.8 Å². The van der Waals surface area contributed by atoms with Gasteiger partial charge in [-0.05, 0) is 55.7 Å². The highest BCUT2D eigenvalue weighted by atomic mass is 35.5. The van der Waals surface area contributed by atoms with E-state index in [4.69, 9.17) is 30.8 Å². The molecule has 2 amide bonds. The average Bonchev–Trinajstić information content (AvgIpc) is 3.67. The minimum Gasteiger partial charge on any atom is -0.493 e. The number of amides is 2. The summed E-state index contributed by atoms with van der Waals surface area (Å²) < 4.78 is 18.5. The molecule has 42 heavy (non-hydrogen) atoms. The smallest absolute Gasteiger partial charge is 0.254 e. The van der Waals surface area contributed by atoms with E-state index in [1.807, 2.05) is 49.5 Å². The molecule has 0 radical (unpaired) electrons. The number of halogens is 1. The highest BCUT2D eigenvalue weighted by Crippen LogP contribution is 2.32. The van der Waals surface area contributed by atoms with Crippen LogP contribution < -0.4 is 14.8 Å². The molecule has 1 fully saturated rings. The number of benzene rings is 3. The van der Waals surface area contributed by atoms with Crippen LogP contribution in [0.5, 0.6) is 11.5 Å². The van der Waals surface area contributed by atoms with Crippen LogP contribution in [0.2, 0.25) is 5.02 Å². The van der Waals surface area contributed by atoms with Gasteiger partial charge in [0.25, 0.3) is 5.91 Å². The van der Waals surface area contributed by atoms with Gasteiger partial charge in [0.15, 0.2) is 11.5 Å². The predicted molar refractivity (Wildman–Crippen MR) is 162 cm³/mol. The second-order valence-electron chi connectivity index (χ2n) is 10.0.